The fraction of sp³-hybridized carbons (Fsp3) is 0.273. The van der Waals surface area contributed by atoms with Crippen LogP contribution in [0.15, 0.2) is 30.3 Å². The highest BCUT2D eigenvalue weighted by Crippen LogP contribution is 2.45. The Hall–Kier alpha value is -1.29. The Morgan fingerprint density at radius 3 is 2.53 bits per heavy atom. The van der Waals surface area contributed by atoms with Crippen LogP contribution in [-0.4, -0.2) is 17.2 Å². The van der Waals surface area contributed by atoms with Gasteiger partial charge in [-0.25, -0.2) is 0 Å². The summed E-state index contributed by atoms with van der Waals surface area (Å²) in [6, 6.07) is 9.59. The van der Waals surface area contributed by atoms with Crippen LogP contribution in [0.25, 0.3) is 0 Å². The summed E-state index contributed by atoms with van der Waals surface area (Å²) < 4.78 is 4.96. The van der Waals surface area contributed by atoms with Crippen molar-refractivity contribution in [3.63, 3.8) is 0 Å². The highest BCUT2D eigenvalue weighted by molar-refractivity contribution is 8.16. The highest BCUT2D eigenvalue weighted by atomic mass is 32.2. The van der Waals surface area contributed by atoms with Gasteiger partial charge in [0.25, 0.3) is 0 Å². The molecule has 0 unspecified atom stereocenters. The van der Waals surface area contributed by atoms with E-state index in [1.165, 1.54) is 18.7 Å². The van der Waals surface area contributed by atoms with E-state index in [-0.39, 0.29) is 10.4 Å². The molecule has 15 heavy (non-hydrogen) atoms. The normalized spacial score (nSPS) is 24.5. The van der Waals surface area contributed by atoms with Crippen LogP contribution >= 0.6 is 11.8 Å². The number of rotatable bonds is 2. The van der Waals surface area contributed by atoms with Crippen molar-refractivity contribution >= 4 is 22.8 Å². The number of ether oxygens (including phenoxy) is 1. The topological polar surface area (TPSA) is 43.4 Å². The summed E-state index contributed by atoms with van der Waals surface area (Å²) in [5, 5.41) is -0.110. The summed E-state index contributed by atoms with van der Waals surface area (Å²) in [7, 11) is 0. The number of carbonyl (C=O) groups excluding carboxylic acids is 2. The third kappa shape index (κ3) is 2.04. The van der Waals surface area contributed by atoms with E-state index in [0.29, 0.717) is 0 Å². The van der Waals surface area contributed by atoms with Gasteiger partial charge < -0.3 is 4.74 Å². The zero-order valence-electron chi connectivity index (χ0n) is 8.17. The SMILES string of the molecule is CC(=O)O[C@H]1C(=O)S[C@@H]1c1ccccc1. The number of hydrogen-bond donors (Lipinski definition) is 0. The molecule has 1 saturated heterocycles. The fourth-order valence-electron chi connectivity index (χ4n) is 1.48. The molecule has 0 aliphatic carbocycles. The van der Waals surface area contributed by atoms with Gasteiger partial charge in [0.1, 0.15) is 0 Å². The Bertz CT molecular complexity index is 388. The van der Waals surface area contributed by atoms with Gasteiger partial charge in [-0.1, -0.05) is 42.1 Å². The quantitative estimate of drug-likeness (QED) is 0.717. The van der Waals surface area contributed by atoms with Crippen molar-refractivity contribution in [2.24, 2.45) is 0 Å². The minimum absolute atomic E-state index is 0.0393. The molecule has 1 aliphatic heterocycles. The summed E-state index contributed by atoms with van der Waals surface area (Å²) >= 11 is 1.22. The lowest BCUT2D eigenvalue weighted by molar-refractivity contribution is -0.151. The molecule has 1 fully saturated rings. The molecule has 4 heteroatoms. The van der Waals surface area contributed by atoms with Crippen LogP contribution in [0.4, 0.5) is 0 Å². The Kier molecular flexibility index (Phi) is 2.77. The van der Waals surface area contributed by atoms with Gasteiger partial charge in [0.05, 0.1) is 5.25 Å². The molecule has 0 bridgehead atoms. The number of esters is 1. The molecule has 78 valence electrons. The molecular formula is C11H10O3S. The van der Waals surface area contributed by atoms with E-state index in [9.17, 15) is 9.59 Å². The molecule has 0 amide bonds. The van der Waals surface area contributed by atoms with Crippen molar-refractivity contribution in [3.8, 4) is 0 Å². The van der Waals surface area contributed by atoms with Crippen LogP contribution in [0.1, 0.15) is 17.7 Å². The Balaban J connectivity index is 2.12. The average molecular weight is 222 g/mol. The van der Waals surface area contributed by atoms with E-state index < -0.39 is 12.1 Å². The van der Waals surface area contributed by atoms with E-state index >= 15 is 0 Å². The van der Waals surface area contributed by atoms with Crippen LogP contribution < -0.4 is 0 Å². The standard InChI is InChI=1S/C11H10O3S/c1-7(12)14-9-10(15-11(9)13)8-5-3-2-4-6-8/h2-6,9-10H,1H3/t9-,10-/m1/s1. The second-order valence-electron chi connectivity index (χ2n) is 3.30. The van der Waals surface area contributed by atoms with Gasteiger partial charge in [-0.3, -0.25) is 9.59 Å². The summed E-state index contributed by atoms with van der Waals surface area (Å²) in [4.78, 5) is 22.0. The Morgan fingerprint density at radius 1 is 1.33 bits per heavy atom. The first-order valence-electron chi connectivity index (χ1n) is 4.61. The molecular weight excluding hydrogens is 212 g/mol. The zero-order chi connectivity index (χ0) is 10.8. The minimum Gasteiger partial charge on any atom is -0.452 e. The van der Waals surface area contributed by atoms with Gasteiger partial charge in [0.15, 0.2) is 6.10 Å². The number of hydrogen-bond acceptors (Lipinski definition) is 4. The first-order chi connectivity index (χ1) is 7.18. The summed E-state index contributed by atoms with van der Waals surface area (Å²) in [6.45, 7) is 1.32. The lowest BCUT2D eigenvalue weighted by Gasteiger charge is -2.33. The molecule has 1 aromatic rings. The maximum Gasteiger partial charge on any atom is 0.303 e. The van der Waals surface area contributed by atoms with Gasteiger partial charge in [-0.2, -0.15) is 0 Å². The van der Waals surface area contributed by atoms with E-state index in [1.54, 1.807) is 0 Å². The van der Waals surface area contributed by atoms with Crippen molar-refractivity contribution in [2.75, 3.05) is 0 Å². The molecule has 2 atom stereocenters. The smallest absolute Gasteiger partial charge is 0.303 e. The maximum atomic E-state index is 11.2. The minimum atomic E-state index is -0.602. The number of benzene rings is 1. The van der Waals surface area contributed by atoms with Crippen molar-refractivity contribution in [2.45, 2.75) is 18.3 Å². The van der Waals surface area contributed by atoms with Gasteiger partial charge in [-0.15, -0.1) is 0 Å². The third-order valence-corrected chi connectivity index (χ3v) is 3.41. The first kappa shape index (κ1) is 10.2. The lowest BCUT2D eigenvalue weighted by atomic mass is 10.1. The fourth-order valence-corrected chi connectivity index (χ4v) is 2.42. The summed E-state index contributed by atoms with van der Waals surface area (Å²) in [6.07, 6.45) is -0.602. The monoisotopic (exact) mass is 222 g/mol. The number of carbonyl (C=O) groups is 2. The second-order valence-corrected chi connectivity index (χ2v) is 4.44. The molecule has 0 radical (unpaired) electrons. The zero-order valence-corrected chi connectivity index (χ0v) is 8.99. The van der Waals surface area contributed by atoms with Crippen LogP contribution in [0, 0.1) is 0 Å². The van der Waals surface area contributed by atoms with Crippen LogP contribution in [0.3, 0.4) is 0 Å². The van der Waals surface area contributed by atoms with Crippen LogP contribution in [0.5, 0.6) is 0 Å². The van der Waals surface area contributed by atoms with Gasteiger partial charge >= 0.3 is 5.97 Å². The van der Waals surface area contributed by atoms with Crippen molar-refractivity contribution in [1.29, 1.82) is 0 Å². The Labute approximate surface area is 91.8 Å². The molecule has 1 aliphatic rings. The molecule has 0 spiro atoms. The van der Waals surface area contributed by atoms with Crippen LogP contribution in [0.2, 0.25) is 0 Å². The van der Waals surface area contributed by atoms with E-state index in [2.05, 4.69) is 0 Å². The van der Waals surface area contributed by atoms with E-state index in [1.807, 2.05) is 30.3 Å². The van der Waals surface area contributed by atoms with Crippen molar-refractivity contribution < 1.29 is 14.3 Å². The number of thioether (sulfide) groups is 1. The first-order valence-corrected chi connectivity index (χ1v) is 5.49. The molecule has 1 aromatic carbocycles. The lowest BCUT2D eigenvalue weighted by Crippen LogP contribution is -2.38. The molecule has 0 aromatic heterocycles. The molecule has 1 heterocycles. The second kappa shape index (κ2) is 4.06. The Morgan fingerprint density at radius 2 is 2.00 bits per heavy atom. The van der Waals surface area contributed by atoms with Gasteiger partial charge in [-0.05, 0) is 5.56 Å². The predicted octanol–water partition coefficient (Wildman–Crippen LogP) is 1.93. The van der Waals surface area contributed by atoms with Crippen LogP contribution in [-0.2, 0) is 14.3 Å². The highest BCUT2D eigenvalue weighted by Gasteiger charge is 2.44. The van der Waals surface area contributed by atoms with Gasteiger partial charge in [0.2, 0.25) is 5.12 Å². The van der Waals surface area contributed by atoms with E-state index in [4.69, 9.17) is 4.74 Å². The molecule has 0 N–H and O–H groups in total. The van der Waals surface area contributed by atoms with Crippen molar-refractivity contribution in [3.05, 3.63) is 35.9 Å². The van der Waals surface area contributed by atoms with E-state index in [0.717, 1.165) is 5.56 Å². The largest absolute Gasteiger partial charge is 0.452 e. The predicted molar refractivity (Wildman–Crippen MR) is 57.3 cm³/mol. The summed E-state index contributed by atoms with van der Waals surface area (Å²) in [5.41, 5.74) is 1.02. The average Bonchev–Trinajstić information content (AvgIpc) is 2.24. The van der Waals surface area contributed by atoms with Crippen molar-refractivity contribution in [1.82, 2.24) is 0 Å². The van der Waals surface area contributed by atoms with Gasteiger partial charge in [0, 0.05) is 6.92 Å². The third-order valence-electron chi connectivity index (χ3n) is 2.17. The molecule has 3 nitrogen and oxygen atoms in total. The maximum absolute atomic E-state index is 11.2. The molecule has 0 saturated carbocycles. The molecule has 2 rings (SSSR count). The summed E-state index contributed by atoms with van der Waals surface area (Å²) in [5.74, 6) is -0.408.